The van der Waals surface area contributed by atoms with Crippen LogP contribution in [0.4, 0.5) is 0 Å². The fourth-order valence-corrected chi connectivity index (χ4v) is 4.84. The first-order valence-corrected chi connectivity index (χ1v) is 9.54. The Morgan fingerprint density at radius 1 is 1.19 bits per heavy atom. The molecule has 1 saturated carbocycles. The molecule has 1 aliphatic carbocycles. The molecule has 0 radical (unpaired) electrons. The van der Waals surface area contributed by atoms with Crippen LogP contribution in [0.2, 0.25) is 10.0 Å². The van der Waals surface area contributed by atoms with Gasteiger partial charge in [-0.2, -0.15) is 4.31 Å². The van der Waals surface area contributed by atoms with Crippen molar-refractivity contribution in [3.63, 3.8) is 0 Å². The summed E-state index contributed by atoms with van der Waals surface area (Å²) in [7, 11) is -3.35. The van der Waals surface area contributed by atoms with Gasteiger partial charge >= 0.3 is 0 Å². The van der Waals surface area contributed by atoms with E-state index in [1.807, 2.05) is 6.92 Å². The van der Waals surface area contributed by atoms with E-state index < -0.39 is 10.0 Å². The van der Waals surface area contributed by atoms with Crippen molar-refractivity contribution in [2.45, 2.75) is 51.4 Å². The third-order valence-electron chi connectivity index (χ3n) is 3.93. The third-order valence-corrected chi connectivity index (χ3v) is 6.64. The summed E-state index contributed by atoms with van der Waals surface area (Å²) in [6.07, 6.45) is 1.91. The van der Waals surface area contributed by atoms with E-state index in [0.29, 0.717) is 15.6 Å². The van der Waals surface area contributed by atoms with Crippen LogP contribution < -0.4 is 0 Å². The van der Waals surface area contributed by atoms with Gasteiger partial charge < -0.3 is 0 Å². The molecule has 2 rings (SSSR count). The van der Waals surface area contributed by atoms with Gasteiger partial charge in [0.2, 0.25) is 10.0 Å². The van der Waals surface area contributed by atoms with Crippen LogP contribution in [-0.2, 0) is 15.8 Å². The Bertz CT molecular complexity index is 612. The van der Waals surface area contributed by atoms with Crippen molar-refractivity contribution in [2.24, 2.45) is 5.92 Å². The zero-order valence-corrected chi connectivity index (χ0v) is 14.8. The Balaban J connectivity index is 2.24. The van der Waals surface area contributed by atoms with Crippen LogP contribution in [0.3, 0.4) is 0 Å². The van der Waals surface area contributed by atoms with E-state index in [1.54, 1.807) is 22.5 Å². The van der Waals surface area contributed by atoms with Crippen molar-refractivity contribution in [3.8, 4) is 0 Å². The number of benzene rings is 1. The number of rotatable bonds is 6. The normalized spacial score (nSPS) is 17.5. The van der Waals surface area contributed by atoms with E-state index in [0.717, 1.165) is 12.8 Å². The lowest BCUT2D eigenvalue weighted by Gasteiger charge is -2.31. The maximum Gasteiger partial charge on any atom is 0.218 e. The van der Waals surface area contributed by atoms with Gasteiger partial charge in [-0.15, -0.1) is 0 Å². The molecule has 1 fully saturated rings. The lowest BCUT2D eigenvalue weighted by molar-refractivity contribution is 0.268. The average Bonchev–Trinajstić information content (AvgIpc) is 3.17. The van der Waals surface area contributed by atoms with Crippen LogP contribution in [0.5, 0.6) is 0 Å². The van der Waals surface area contributed by atoms with Gasteiger partial charge in [0.05, 0.1) is 15.8 Å². The predicted molar refractivity (Wildman–Crippen MR) is 88.2 cm³/mol. The molecule has 1 aromatic carbocycles. The van der Waals surface area contributed by atoms with Gasteiger partial charge in [0.15, 0.2) is 0 Å². The van der Waals surface area contributed by atoms with Crippen LogP contribution >= 0.6 is 23.2 Å². The second-order valence-electron chi connectivity index (χ2n) is 6.05. The van der Waals surface area contributed by atoms with E-state index in [1.165, 1.54) is 0 Å². The first-order chi connectivity index (χ1) is 9.72. The van der Waals surface area contributed by atoms with Crippen molar-refractivity contribution >= 4 is 33.2 Å². The summed E-state index contributed by atoms with van der Waals surface area (Å²) < 4.78 is 27.2. The summed E-state index contributed by atoms with van der Waals surface area (Å²) in [6.45, 7) is 6.08. The van der Waals surface area contributed by atoms with Gasteiger partial charge in [-0.25, -0.2) is 8.42 Å². The molecule has 1 aliphatic rings. The average molecular weight is 350 g/mol. The van der Waals surface area contributed by atoms with Crippen molar-refractivity contribution in [2.75, 3.05) is 0 Å². The molecule has 0 spiro atoms. The summed E-state index contributed by atoms with van der Waals surface area (Å²) in [5, 5.41) is 0.826. The molecule has 6 heteroatoms. The van der Waals surface area contributed by atoms with Gasteiger partial charge in [-0.05, 0) is 43.4 Å². The quantitative estimate of drug-likeness (QED) is 0.766. The molecule has 0 amide bonds. The van der Waals surface area contributed by atoms with Gasteiger partial charge in [0, 0.05) is 12.1 Å². The zero-order valence-electron chi connectivity index (χ0n) is 12.5. The number of hydrogen-bond donors (Lipinski definition) is 0. The Hall–Kier alpha value is -0.290. The summed E-state index contributed by atoms with van der Waals surface area (Å²) in [5.74, 6) is 0.256. The highest BCUT2D eigenvalue weighted by molar-refractivity contribution is 7.88. The molecule has 0 aromatic heterocycles. The lowest BCUT2D eigenvalue weighted by atomic mass is 10.1. The van der Waals surface area contributed by atoms with Gasteiger partial charge in [0.1, 0.15) is 0 Å². The molecule has 118 valence electrons. The molecule has 1 aromatic rings. The van der Waals surface area contributed by atoms with Crippen molar-refractivity contribution in [1.82, 2.24) is 4.31 Å². The van der Waals surface area contributed by atoms with Crippen LogP contribution in [-0.4, -0.2) is 24.8 Å². The van der Waals surface area contributed by atoms with E-state index in [-0.39, 0.29) is 23.8 Å². The summed E-state index contributed by atoms with van der Waals surface area (Å²) in [5.41, 5.74) is 0.672. The summed E-state index contributed by atoms with van der Waals surface area (Å²) in [6, 6.07) is 5.16. The molecule has 0 heterocycles. The highest BCUT2D eigenvalue weighted by Gasteiger charge is 2.40. The molecule has 0 aliphatic heterocycles. The molecule has 1 atom stereocenters. The largest absolute Gasteiger partial charge is 0.218 e. The van der Waals surface area contributed by atoms with Crippen LogP contribution in [0.15, 0.2) is 18.2 Å². The van der Waals surface area contributed by atoms with E-state index in [2.05, 4.69) is 13.8 Å². The minimum absolute atomic E-state index is 0.00488. The molecule has 0 saturated heterocycles. The molecule has 0 bridgehead atoms. The first-order valence-electron chi connectivity index (χ1n) is 7.17. The first kappa shape index (κ1) is 17.1. The zero-order chi connectivity index (χ0) is 15.8. The van der Waals surface area contributed by atoms with Crippen molar-refractivity contribution in [1.29, 1.82) is 0 Å². The fourth-order valence-electron chi connectivity index (χ4n) is 2.35. The number of hydrogen-bond acceptors (Lipinski definition) is 2. The van der Waals surface area contributed by atoms with Crippen LogP contribution in [0, 0.1) is 5.92 Å². The molecule has 21 heavy (non-hydrogen) atoms. The maximum absolute atomic E-state index is 12.8. The molecule has 3 nitrogen and oxygen atoms in total. The van der Waals surface area contributed by atoms with Crippen molar-refractivity contribution in [3.05, 3.63) is 33.8 Å². The Kier molecular flexibility index (Phi) is 5.24. The fraction of sp³-hybridized carbons (Fsp3) is 0.600. The smallest absolute Gasteiger partial charge is 0.212 e. The SMILES string of the molecule is CC(C)C(C)N(C1CC1)S(=O)(=O)Cc1ccc(Cl)c(Cl)c1. The van der Waals surface area contributed by atoms with Crippen molar-refractivity contribution < 1.29 is 8.42 Å². The second kappa shape index (κ2) is 6.45. The lowest BCUT2D eigenvalue weighted by Crippen LogP contribution is -2.43. The third kappa shape index (κ3) is 4.13. The maximum atomic E-state index is 12.8. The molecule has 0 N–H and O–H groups in total. The topological polar surface area (TPSA) is 37.4 Å². The Morgan fingerprint density at radius 2 is 1.81 bits per heavy atom. The minimum atomic E-state index is -3.35. The van der Waals surface area contributed by atoms with Gasteiger partial charge in [-0.1, -0.05) is 43.1 Å². The second-order valence-corrected chi connectivity index (χ2v) is 8.74. The Labute approximate surface area is 137 Å². The van der Waals surface area contributed by atoms with Crippen LogP contribution in [0.25, 0.3) is 0 Å². The summed E-state index contributed by atoms with van der Waals surface area (Å²) >= 11 is 11.8. The highest BCUT2D eigenvalue weighted by atomic mass is 35.5. The van der Waals surface area contributed by atoms with Gasteiger partial charge in [-0.3, -0.25) is 0 Å². The highest BCUT2D eigenvalue weighted by Crippen LogP contribution is 2.34. The standard InChI is InChI=1S/C15H21Cl2NO2S/c1-10(2)11(3)18(13-5-6-13)21(19,20)9-12-4-7-14(16)15(17)8-12/h4,7-8,10-11,13H,5-6,9H2,1-3H3. The van der Waals surface area contributed by atoms with E-state index >= 15 is 0 Å². The molecular weight excluding hydrogens is 329 g/mol. The monoisotopic (exact) mass is 349 g/mol. The number of sulfonamides is 1. The van der Waals surface area contributed by atoms with Gasteiger partial charge in [0.25, 0.3) is 0 Å². The van der Waals surface area contributed by atoms with E-state index in [4.69, 9.17) is 23.2 Å². The summed E-state index contributed by atoms with van der Waals surface area (Å²) in [4.78, 5) is 0. The predicted octanol–water partition coefficient (Wildman–Crippen LogP) is 4.33. The van der Waals surface area contributed by atoms with E-state index in [9.17, 15) is 8.42 Å². The molecular formula is C15H21Cl2NO2S. The van der Waals surface area contributed by atoms with Crippen LogP contribution in [0.1, 0.15) is 39.2 Å². The minimum Gasteiger partial charge on any atom is -0.212 e. The molecule has 1 unspecified atom stereocenters. The Morgan fingerprint density at radius 3 is 2.29 bits per heavy atom. The number of halogens is 2. The number of nitrogens with zero attached hydrogens (tertiary/aromatic N) is 1.